The first-order valence-electron chi connectivity index (χ1n) is 4.41. The molecule has 0 aliphatic carbocycles. The van der Waals surface area contributed by atoms with Crippen LogP contribution in [-0.2, 0) is 5.88 Å². The number of carbonyl (C=O) groups is 1. The summed E-state index contributed by atoms with van der Waals surface area (Å²) in [5.41, 5.74) is -0.859. The van der Waals surface area contributed by atoms with Crippen LogP contribution in [-0.4, -0.2) is 29.5 Å². The largest absolute Gasteiger partial charge is 0.573 e. The van der Waals surface area contributed by atoms with Gasteiger partial charge in [0.1, 0.15) is 5.69 Å². The van der Waals surface area contributed by atoms with E-state index in [2.05, 4.69) is 14.5 Å². The van der Waals surface area contributed by atoms with Crippen LogP contribution in [0.15, 0.2) is 6.07 Å². The van der Waals surface area contributed by atoms with E-state index in [9.17, 15) is 18.0 Å². The van der Waals surface area contributed by atoms with Gasteiger partial charge in [-0.3, -0.25) is 0 Å². The van der Waals surface area contributed by atoms with Crippen molar-refractivity contribution in [1.29, 1.82) is 0 Å². The third-order valence-electron chi connectivity index (χ3n) is 1.79. The number of hydrogen-bond donors (Lipinski definition) is 1. The Bertz CT molecular complexity index is 439. The molecule has 0 fully saturated rings. The molecule has 1 rings (SSSR count). The van der Waals surface area contributed by atoms with Crippen LogP contribution in [0.2, 0.25) is 0 Å². The maximum Gasteiger partial charge on any atom is 0.573 e. The molecule has 1 aromatic rings. The highest BCUT2D eigenvalue weighted by molar-refractivity contribution is 6.17. The van der Waals surface area contributed by atoms with E-state index < -0.39 is 35.4 Å². The first kappa shape index (κ1) is 14.4. The van der Waals surface area contributed by atoms with Crippen molar-refractivity contribution in [1.82, 2.24) is 4.98 Å². The molecular weight excluding hydrogens is 279 g/mol. The lowest BCUT2D eigenvalue weighted by atomic mass is 10.2. The third kappa shape index (κ3) is 3.39. The van der Waals surface area contributed by atoms with Gasteiger partial charge in [0.05, 0.1) is 13.0 Å². The van der Waals surface area contributed by atoms with Crippen LogP contribution in [0, 0.1) is 0 Å². The predicted molar refractivity (Wildman–Crippen MR) is 54.0 cm³/mol. The van der Waals surface area contributed by atoms with Crippen LogP contribution in [0.1, 0.15) is 16.2 Å². The van der Waals surface area contributed by atoms with E-state index in [4.69, 9.17) is 16.7 Å². The fraction of sp³-hybridized carbons (Fsp3) is 0.333. The zero-order valence-corrected chi connectivity index (χ0v) is 9.67. The smallest absolute Gasteiger partial charge is 0.493 e. The van der Waals surface area contributed by atoms with Crippen molar-refractivity contribution in [3.05, 3.63) is 17.5 Å². The summed E-state index contributed by atoms with van der Waals surface area (Å²) < 4.78 is 44.9. The van der Waals surface area contributed by atoms with Crippen LogP contribution in [0.5, 0.6) is 11.5 Å². The van der Waals surface area contributed by atoms with Crippen molar-refractivity contribution in [2.45, 2.75) is 12.2 Å². The number of carboxylic acids is 1. The zero-order chi connectivity index (χ0) is 13.9. The first-order valence-corrected chi connectivity index (χ1v) is 4.95. The number of alkyl halides is 4. The predicted octanol–water partition coefficient (Wildman–Crippen LogP) is 2.43. The van der Waals surface area contributed by atoms with Crippen molar-refractivity contribution in [3.8, 4) is 11.5 Å². The highest BCUT2D eigenvalue weighted by Gasteiger charge is 2.34. The summed E-state index contributed by atoms with van der Waals surface area (Å²) in [7, 11) is 1.07. The van der Waals surface area contributed by atoms with Gasteiger partial charge in [-0.1, -0.05) is 0 Å². The average molecular weight is 286 g/mol. The fourth-order valence-corrected chi connectivity index (χ4v) is 1.32. The number of rotatable bonds is 4. The summed E-state index contributed by atoms with van der Waals surface area (Å²) in [6.45, 7) is 0. The van der Waals surface area contributed by atoms with Gasteiger partial charge in [0.2, 0.25) is 0 Å². The van der Waals surface area contributed by atoms with E-state index >= 15 is 0 Å². The van der Waals surface area contributed by atoms with Gasteiger partial charge < -0.3 is 14.6 Å². The quantitative estimate of drug-likeness (QED) is 0.861. The van der Waals surface area contributed by atoms with Crippen molar-refractivity contribution in [3.63, 3.8) is 0 Å². The van der Waals surface area contributed by atoms with Crippen LogP contribution in [0.3, 0.4) is 0 Å². The summed E-state index contributed by atoms with van der Waals surface area (Å²) in [6.07, 6.45) is -4.96. The molecule has 0 amide bonds. The second kappa shape index (κ2) is 5.30. The second-order valence-corrected chi connectivity index (χ2v) is 3.24. The van der Waals surface area contributed by atoms with Gasteiger partial charge in [-0.2, -0.15) is 0 Å². The normalized spacial score (nSPS) is 11.2. The Morgan fingerprint density at radius 1 is 1.56 bits per heavy atom. The van der Waals surface area contributed by atoms with Gasteiger partial charge in [0.25, 0.3) is 0 Å². The Labute approximate surface area is 104 Å². The fourth-order valence-electron chi connectivity index (χ4n) is 1.14. The molecule has 0 unspecified atom stereocenters. The molecule has 0 spiro atoms. The van der Waals surface area contributed by atoms with Gasteiger partial charge in [0.15, 0.2) is 17.2 Å². The molecule has 1 heterocycles. The summed E-state index contributed by atoms with van der Waals surface area (Å²) in [5.74, 6) is -3.03. The summed E-state index contributed by atoms with van der Waals surface area (Å²) in [6, 6.07) is 0.819. The maximum atomic E-state index is 12.2. The standard InChI is InChI=1S/C9H7ClF3NO4/c1-17-6-2-4(8(15)16)14-5(3-10)7(6)18-9(11,12)13/h2H,3H2,1H3,(H,15,16). The SMILES string of the molecule is COc1cc(C(=O)O)nc(CCl)c1OC(F)(F)F. The van der Waals surface area contributed by atoms with E-state index in [0.717, 1.165) is 13.2 Å². The average Bonchev–Trinajstić information content (AvgIpc) is 2.26. The monoisotopic (exact) mass is 285 g/mol. The Morgan fingerprint density at radius 3 is 2.56 bits per heavy atom. The third-order valence-corrected chi connectivity index (χ3v) is 2.05. The lowest BCUT2D eigenvalue weighted by Crippen LogP contribution is -2.19. The first-order chi connectivity index (χ1) is 8.28. The molecule has 0 saturated heterocycles. The zero-order valence-electron chi connectivity index (χ0n) is 8.92. The molecule has 0 saturated carbocycles. The molecule has 0 radical (unpaired) electrons. The van der Waals surface area contributed by atoms with Crippen molar-refractivity contribution in [2.24, 2.45) is 0 Å². The number of nitrogens with zero attached hydrogens (tertiary/aromatic N) is 1. The Balaban J connectivity index is 3.34. The Kier molecular flexibility index (Phi) is 4.23. The molecule has 0 aliphatic rings. The lowest BCUT2D eigenvalue weighted by molar-refractivity contribution is -0.275. The molecule has 0 aromatic carbocycles. The van der Waals surface area contributed by atoms with Gasteiger partial charge in [-0.15, -0.1) is 24.8 Å². The molecule has 5 nitrogen and oxygen atoms in total. The van der Waals surface area contributed by atoms with Gasteiger partial charge in [-0.05, 0) is 0 Å². The molecule has 0 bridgehead atoms. The number of ether oxygens (including phenoxy) is 2. The van der Waals surface area contributed by atoms with E-state index in [0.29, 0.717) is 0 Å². The molecule has 1 aromatic heterocycles. The highest BCUT2D eigenvalue weighted by atomic mass is 35.5. The molecule has 0 atom stereocenters. The number of methoxy groups -OCH3 is 1. The number of aromatic carboxylic acids is 1. The molecule has 100 valence electrons. The summed E-state index contributed by atoms with van der Waals surface area (Å²) in [4.78, 5) is 14.2. The maximum absolute atomic E-state index is 12.2. The van der Waals surface area contributed by atoms with Crippen LogP contribution in [0.4, 0.5) is 13.2 Å². The van der Waals surface area contributed by atoms with Crippen LogP contribution >= 0.6 is 11.6 Å². The number of carboxylic acid groups (broad SMARTS) is 1. The summed E-state index contributed by atoms with van der Waals surface area (Å²) >= 11 is 5.41. The number of halogens is 4. The molecule has 1 N–H and O–H groups in total. The minimum absolute atomic E-state index is 0.370. The van der Waals surface area contributed by atoms with E-state index in [1.165, 1.54) is 0 Å². The molecule has 0 aliphatic heterocycles. The lowest BCUT2D eigenvalue weighted by Gasteiger charge is -2.15. The van der Waals surface area contributed by atoms with Crippen molar-refractivity contribution in [2.75, 3.05) is 7.11 Å². The molecule has 18 heavy (non-hydrogen) atoms. The van der Waals surface area contributed by atoms with Gasteiger partial charge >= 0.3 is 12.3 Å². The van der Waals surface area contributed by atoms with Crippen LogP contribution < -0.4 is 9.47 Å². The topological polar surface area (TPSA) is 68.7 Å². The number of aromatic nitrogens is 1. The summed E-state index contributed by atoms with van der Waals surface area (Å²) in [5, 5.41) is 8.72. The van der Waals surface area contributed by atoms with Gasteiger partial charge in [0, 0.05) is 6.07 Å². The minimum Gasteiger partial charge on any atom is -0.493 e. The Hall–Kier alpha value is -1.70. The molecular formula is C9H7ClF3NO4. The van der Waals surface area contributed by atoms with Crippen molar-refractivity contribution >= 4 is 17.6 Å². The van der Waals surface area contributed by atoms with Gasteiger partial charge in [-0.25, -0.2) is 9.78 Å². The van der Waals surface area contributed by atoms with Crippen molar-refractivity contribution < 1.29 is 32.5 Å². The van der Waals surface area contributed by atoms with Crippen LogP contribution in [0.25, 0.3) is 0 Å². The van der Waals surface area contributed by atoms with E-state index in [1.54, 1.807) is 0 Å². The second-order valence-electron chi connectivity index (χ2n) is 2.97. The molecule has 9 heteroatoms. The van der Waals surface area contributed by atoms with E-state index in [1.807, 2.05) is 0 Å². The Morgan fingerprint density at radius 2 is 2.17 bits per heavy atom. The highest BCUT2D eigenvalue weighted by Crippen LogP contribution is 2.36. The minimum atomic E-state index is -4.96. The number of pyridine rings is 1. The van der Waals surface area contributed by atoms with E-state index in [-0.39, 0.29) is 5.69 Å². The number of hydrogen-bond acceptors (Lipinski definition) is 4.